The highest BCUT2D eigenvalue weighted by molar-refractivity contribution is 6.34. The van der Waals surface area contributed by atoms with Crippen LogP contribution in [0.4, 0.5) is 5.69 Å². The van der Waals surface area contributed by atoms with E-state index in [-0.39, 0.29) is 5.91 Å². The van der Waals surface area contributed by atoms with Gasteiger partial charge in [0.2, 0.25) is 0 Å². The maximum Gasteiger partial charge on any atom is 0.254 e. The van der Waals surface area contributed by atoms with Crippen molar-refractivity contribution in [1.29, 1.82) is 0 Å². The Morgan fingerprint density at radius 2 is 2.04 bits per heavy atom. The second-order valence-corrected chi connectivity index (χ2v) is 7.76. The van der Waals surface area contributed by atoms with Crippen LogP contribution in [0.1, 0.15) is 36.0 Å². The number of likely N-dealkylation sites (tertiary alicyclic amines) is 1. The van der Waals surface area contributed by atoms with Crippen LogP contribution >= 0.6 is 11.6 Å². The number of carbonyl (C=O) groups is 1. The number of carbonyl (C=O) groups excluding carboxylic acids is 1. The van der Waals surface area contributed by atoms with E-state index in [1.54, 1.807) is 19.0 Å². The fourth-order valence-electron chi connectivity index (χ4n) is 3.88. The van der Waals surface area contributed by atoms with E-state index >= 15 is 0 Å². The molecule has 0 spiro atoms. The molecule has 1 atom stereocenters. The summed E-state index contributed by atoms with van der Waals surface area (Å²) in [5.41, 5.74) is 1.55. The summed E-state index contributed by atoms with van der Waals surface area (Å²) in [5, 5.41) is 7.57. The molecule has 0 aliphatic carbocycles. The molecule has 0 unspecified atom stereocenters. The van der Waals surface area contributed by atoms with Gasteiger partial charge in [0.05, 0.1) is 10.6 Å². The number of rotatable bonds is 4. The zero-order valence-electron chi connectivity index (χ0n) is 15.2. The first kappa shape index (κ1) is 18.5. The number of hydrogen-bond acceptors (Lipinski definition) is 4. The van der Waals surface area contributed by atoms with Crippen LogP contribution in [0.5, 0.6) is 0 Å². The van der Waals surface area contributed by atoms with Gasteiger partial charge >= 0.3 is 0 Å². The second kappa shape index (κ2) is 8.39. The van der Waals surface area contributed by atoms with Crippen LogP contribution in [-0.2, 0) is 0 Å². The van der Waals surface area contributed by atoms with Crippen molar-refractivity contribution in [1.82, 2.24) is 15.1 Å². The van der Waals surface area contributed by atoms with Gasteiger partial charge in [0, 0.05) is 38.4 Å². The SMILES string of the molecule is CN(C)C(=O)c1ccc(N[C@@H]2CCCN(C3CCNCC3)C2)cc1Cl. The molecule has 138 valence electrons. The first-order valence-electron chi connectivity index (χ1n) is 9.27. The molecule has 3 rings (SSSR count). The summed E-state index contributed by atoms with van der Waals surface area (Å²) in [4.78, 5) is 16.3. The van der Waals surface area contributed by atoms with E-state index in [0.29, 0.717) is 16.6 Å². The standard InChI is InChI=1S/C19H29ClN4O/c1-23(2)19(25)17-6-5-14(12-18(17)20)22-15-4-3-11-24(13-15)16-7-9-21-10-8-16/h5-6,12,15-16,21-22H,3-4,7-11,13H2,1-2H3/t15-/m1/s1. The first-order chi connectivity index (χ1) is 12.0. The predicted octanol–water partition coefficient (Wildman–Crippen LogP) is 2.67. The molecule has 2 heterocycles. The lowest BCUT2D eigenvalue weighted by Crippen LogP contribution is -2.50. The highest BCUT2D eigenvalue weighted by atomic mass is 35.5. The first-order valence-corrected chi connectivity index (χ1v) is 9.65. The molecular weight excluding hydrogens is 336 g/mol. The molecule has 1 aromatic rings. The Morgan fingerprint density at radius 1 is 1.28 bits per heavy atom. The zero-order valence-corrected chi connectivity index (χ0v) is 16.0. The maximum absolute atomic E-state index is 12.1. The van der Waals surface area contributed by atoms with E-state index in [0.717, 1.165) is 31.4 Å². The third kappa shape index (κ3) is 4.66. The largest absolute Gasteiger partial charge is 0.381 e. The third-order valence-electron chi connectivity index (χ3n) is 5.25. The molecule has 2 saturated heterocycles. The van der Waals surface area contributed by atoms with Gasteiger partial charge in [0.25, 0.3) is 5.91 Å². The molecule has 2 aliphatic heterocycles. The van der Waals surface area contributed by atoms with Gasteiger partial charge < -0.3 is 15.5 Å². The van der Waals surface area contributed by atoms with Crippen LogP contribution in [0.15, 0.2) is 18.2 Å². The van der Waals surface area contributed by atoms with E-state index in [9.17, 15) is 4.79 Å². The fourth-order valence-corrected chi connectivity index (χ4v) is 4.14. The molecule has 0 radical (unpaired) electrons. The summed E-state index contributed by atoms with van der Waals surface area (Å²) in [7, 11) is 3.48. The van der Waals surface area contributed by atoms with Crippen molar-refractivity contribution >= 4 is 23.2 Å². The number of amides is 1. The van der Waals surface area contributed by atoms with Gasteiger partial charge in [-0.3, -0.25) is 9.69 Å². The Balaban J connectivity index is 1.61. The van der Waals surface area contributed by atoms with Gasteiger partial charge in [0.15, 0.2) is 0 Å². The topological polar surface area (TPSA) is 47.6 Å². The number of hydrogen-bond donors (Lipinski definition) is 2. The number of benzene rings is 1. The van der Waals surface area contributed by atoms with E-state index < -0.39 is 0 Å². The van der Waals surface area contributed by atoms with Gasteiger partial charge in [0.1, 0.15) is 0 Å². The van der Waals surface area contributed by atoms with Crippen LogP contribution in [0.2, 0.25) is 5.02 Å². The van der Waals surface area contributed by atoms with Gasteiger partial charge in [-0.25, -0.2) is 0 Å². The smallest absolute Gasteiger partial charge is 0.254 e. The quantitative estimate of drug-likeness (QED) is 0.862. The molecular formula is C19H29ClN4O. The van der Waals surface area contributed by atoms with Crippen molar-refractivity contribution in [3.8, 4) is 0 Å². The Morgan fingerprint density at radius 3 is 2.72 bits per heavy atom. The summed E-state index contributed by atoms with van der Waals surface area (Å²) >= 11 is 6.33. The highest BCUT2D eigenvalue weighted by Crippen LogP contribution is 2.25. The molecule has 2 fully saturated rings. The molecule has 0 saturated carbocycles. The third-order valence-corrected chi connectivity index (χ3v) is 5.57. The Bertz CT molecular complexity index is 601. The Hall–Kier alpha value is -1.30. The van der Waals surface area contributed by atoms with Crippen molar-refractivity contribution in [3.63, 3.8) is 0 Å². The average molecular weight is 365 g/mol. The number of anilines is 1. The summed E-state index contributed by atoms with van der Waals surface area (Å²) in [6, 6.07) is 6.82. The van der Waals surface area contributed by atoms with Crippen molar-refractivity contribution in [2.45, 2.75) is 37.8 Å². The molecule has 1 aromatic carbocycles. The molecule has 6 heteroatoms. The van der Waals surface area contributed by atoms with Crippen LogP contribution in [0.25, 0.3) is 0 Å². The van der Waals surface area contributed by atoms with Crippen LogP contribution in [0.3, 0.4) is 0 Å². The van der Waals surface area contributed by atoms with Crippen molar-refractivity contribution in [3.05, 3.63) is 28.8 Å². The molecule has 0 bridgehead atoms. The van der Waals surface area contributed by atoms with Crippen LogP contribution in [-0.4, -0.2) is 68.1 Å². The molecule has 2 aliphatic rings. The Labute approximate surface area is 155 Å². The van der Waals surface area contributed by atoms with E-state index in [4.69, 9.17) is 11.6 Å². The number of halogens is 1. The maximum atomic E-state index is 12.1. The summed E-state index contributed by atoms with van der Waals surface area (Å²) in [5.74, 6) is -0.0636. The molecule has 1 amide bonds. The number of nitrogens with one attached hydrogen (secondary N) is 2. The predicted molar refractivity (Wildman–Crippen MR) is 104 cm³/mol. The molecule has 5 nitrogen and oxygen atoms in total. The number of nitrogens with zero attached hydrogens (tertiary/aromatic N) is 2. The lowest BCUT2D eigenvalue weighted by Gasteiger charge is -2.40. The second-order valence-electron chi connectivity index (χ2n) is 7.35. The Kier molecular flexibility index (Phi) is 6.20. The van der Waals surface area contributed by atoms with E-state index in [2.05, 4.69) is 15.5 Å². The normalized spacial score (nSPS) is 22.6. The fraction of sp³-hybridized carbons (Fsp3) is 0.632. The van der Waals surface area contributed by atoms with Gasteiger partial charge in [-0.15, -0.1) is 0 Å². The van der Waals surface area contributed by atoms with Crippen LogP contribution in [0, 0.1) is 0 Å². The van der Waals surface area contributed by atoms with E-state index in [1.165, 1.54) is 32.2 Å². The highest BCUT2D eigenvalue weighted by Gasteiger charge is 2.27. The van der Waals surface area contributed by atoms with E-state index in [1.807, 2.05) is 18.2 Å². The van der Waals surface area contributed by atoms with Crippen molar-refractivity contribution in [2.75, 3.05) is 45.6 Å². The number of piperidine rings is 2. The van der Waals surface area contributed by atoms with Gasteiger partial charge in [-0.1, -0.05) is 11.6 Å². The minimum Gasteiger partial charge on any atom is -0.381 e. The minimum absolute atomic E-state index is 0.0636. The monoisotopic (exact) mass is 364 g/mol. The van der Waals surface area contributed by atoms with Gasteiger partial charge in [-0.2, -0.15) is 0 Å². The minimum atomic E-state index is -0.0636. The van der Waals surface area contributed by atoms with Crippen molar-refractivity contribution < 1.29 is 4.79 Å². The molecule has 25 heavy (non-hydrogen) atoms. The summed E-state index contributed by atoms with van der Waals surface area (Å²) in [6.45, 7) is 4.56. The summed E-state index contributed by atoms with van der Waals surface area (Å²) in [6.07, 6.45) is 4.91. The van der Waals surface area contributed by atoms with Crippen molar-refractivity contribution in [2.24, 2.45) is 0 Å². The lowest BCUT2D eigenvalue weighted by molar-refractivity contribution is 0.0828. The average Bonchev–Trinajstić information content (AvgIpc) is 2.62. The zero-order chi connectivity index (χ0) is 17.8. The molecule has 2 N–H and O–H groups in total. The lowest BCUT2D eigenvalue weighted by atomic mass is 9.98. The van der Waals surface area contributed by atoms with Crippen LogP contribution < -0.4 is 10.6 Å². The van der Waals surface area contributed by atoms with Gasteiger partial charge in [-0.05, 0) is 63.5 Å². The summed E-state index contributed by atoms with van der Waals surface area (Å²) < 4.78 is 0. The molecule has 0 aromatic heterocycles.